The summed E-state index contributed by atoms with van der Waals surface area (Å²) in [6.45, 7) is 5.32. The lowest BCUT2D eigenvalue weighted by Gasteiger charge is -2.00. The second-order valence-corrected chi connectivity index (χ2v) is 2.78. The number of allylic oxidation sites excluding steroid dienone is 1. The first-order valence-electron chi connectivity index (χ1n) is 3.11. The summed E-state index contributed by atoms with van der Waals surface area (Å²) in [5.74, 6) is 0.0220. The van der Waals surface area contributed by atoms with Crippen molar-refractivity contribution in [2.75, 3.05) is 0 Å². The van der Waals surface area contributed by atoms with Gasteiger partial charge in [-0.05, 0) is 12.0 Å². The summed E-state index contributed by atoms with van der Waals surface area (Å²) in [5, 5.41) is 0.377. The van der Waals surface area contributed by atoms with Crippen molar-refractivity contribution in [2.45, 2.75) is 20.8 Å². The molecule has 0 bridgehead atoms. The van der Waals surface area contributed by atoms with Crippen molar-refractivity contribution >= 4 is 18.6 Å². The van der Waals surface area contributed by atoms with Crippen LogP contribution in [0, 0.1) is 5.92 Å². The number of carbonyl (C=O) groups excluding carboxylic acids is 1. The Kier molecular flexibility index (Phi) is 4.19. The second kappa shape index (κ2) is 4.39. The average molecular weight is 160 g/mol. The van der Waals surface area contributed by atoms with E-state index in [0.29, 0.717) is 11.0 Å². The molecule has 0 saturated carbocycles. The Labute approximate surface area is 66.7 Å². The number of hydrogen-bond acceptors (Lipinski definition) is 3. The number of ether oxygens (including phenoxy) is 1. The third-order valence-corrected chi connectivity index (χ3v) is 0.965. The highest BCUT2D eigenvalue weighted by Crippen LogP contribution is 2.07. The van der Waals surface area contributed by atoms with Gasteiger partial charge < -0.3 is 4.74 Å². The summed E-state index contributed by atoms with van der Waals surface area (Å²) in [6, 6.07) is 0. The van der Waals surface area contributed by atoms with Gasteiger partial charge in [-0.1, -0.05) is 13.8 Å². The molecule has 0 fully saturated rings. The summed E-state index contributed by atoms with van der Waals surface area (Å²) >= 11 is 3.93. The lowest BCUT2D eigenvalue weighted by Crippen LogP contribution is -1.95. The van der Waals surface area contributed by atoms with Gasteiger partial charge in [0.15, 0.2) is 5.09 Å². The minimum absolute atomic E-state index is 0.332. The fourth-order valence-corrected chi connectivity index (χ4v) is 0.893. The molecule has 0 saturated heterocycles. The quantitative estimate of drug-likeness (QED) is 0.380. The van der Waals surface area contributed by atoms with Crippen molar-refractivity contribution in [1.82, 2.24) is 0 Å². The summed E-state index contributed by atoms with van der Waals surface area (Å²) < 4.78 is 4.65. The van der Waals surface area contributed by atoms with Crippen molar-refractivity contribution in [2.24, 2.45) is 5.92 Å². The van der Waals surface area contributed by atoms with Crippen molar-refractivity contribution in [1.29, 1.82) is 0 Å². The zero-order chi connectivity index (χ0) is 8.15. The molecule has 0 atom stereocenters. The molecule has 2 nitrogen and oxygen atoms in total. The van der Waals surface area contributed by atoms with Gasteiger partial charge in [0.1, 0.15) is 0 Å². The van der Waals surface area contributed by atoms with E-state index < -0.39 is 0 Å². The predicted molar refractivity (Wildman–Crippen MR) is 43.7 cm³/mol. The van der Waals surface area contributed by atoms with E-state index in [1.54, 1.807) is 6.08 Å². The van der Waals surface area contributed by atoms with Crippen LogP contribution in [0.4, 0.5) is 0 Å². The van der Waals surface area contributed by atoms with Gasteiger partial charge in [0.2, 0.25) is 0 Å². The van der Waals surface area contributed by atoms with Gasteiger partial charge in [0, 0.05) is 6.92 Å². The van der Waals surface area contributed by atoms with Gasteiger partial charge in [0.05, 0.1) is 0 Å². The lowest BCUT2D eigenvalue weighted by atomic mass is 10.2. The Hall–Kier alpha value is -0.440. The molecule has 0 heterocycles. The molecule has 0 aromatic carbocycles. The Morgan fingerprint density at radius 3 is 2.40 bits per heavy atom. The van der Waals surface area contributed by atoms with Crippen LogP contribution in [0.2, 0.25) is 0 Å². The lowest BCUT2D eigenvalue weighted by molar-refractivity contribution is -0.135. The van der Waals surface area contributed by atoms with Crippen molar-refractivity contribution < 1.29 is 9.53 Å². The van der Waals surface area contributed by atoms with Crippen molar-refractivity contribution in [3.63, 3.8) is 0 Å². The van der Waals surface area contributed by atoms with Gasteiger partial charge >= 0.3 is 5.97 Å². The zero-order valence-corrected chi connectivity index (χ0v) is 7.31. The maximum absolute atomic E-state index is 10.3. The number of carbonyl (C=O) groups is 1. The molecule has 0 aliphatic carbocycles. The average Bonchev–Trinajstić information content (AvgIpc) is 1.58. The second-order valence-electron chi connectivity index (χ2n) is 2.34. The van der Waals surface area contributed by atoms with Gasteiger partial charge in [-0.2, -0.15) is 0 Å². The zero-order valence-electron chi connectivity index (χ0n) is 6.42. The van der Waals surface area contributed by atoms with Crippen LogP contribution in [0.3, 0.4) is 0 Å². The van der Waals surface area contributed by atoms with Gasteiger partial charge in [0.25, 0.3) is 0 Å². The Morgan fingerprint density at radius 2 is 2.10 bits per heavy atom. The van der Waals surface area contributed by atoms with Crippen LogP contribution in [0.5, 0.6) is 0 Å². The Morgan fingerprint density at radius 1 is 1.60 bits per heavy atom. The maximum atomic E-state index is 10.3. The molecular formula is C7H12O2S. The van der Waals surface area contributed by atoms with Crippen LogP contribution < -0.4 is 0 Å². The molecule has 0 aliphatic heterocycles. The predicted octanol–water partition coefficient (Wildman–Crippen LogP) is 1.98. The summed E-state index contributed by atoms with van der Waals surface area (Å²) in [4.78, 5) is 10.3. The third-order valence-electron chi connectivity index (χ3n) is 0.724. The van der Waals surface area contributed by atoms with E-state index in [0.717, 1.165) is 0 Å². The molecule has 0 rings (SSSR count). The van der Waals surface area contributed by atoms with E-state index in [4.69, 9.17) is 0 Å². The van der Waals surface area contributed by atoms with E-state index in [2.05, 4.69) is 17.4 Å². The van der Waals surface area contributed by atoms with Crippen LogP contribution in [0.15, 0.2) is 11.2 Å². The molecular weight excluding hydrogens is 148 g/mol. The van der Waals surface area contributed by atoms with Crippen LogP contribution >= 0.6 is 12.6 Å². The SMILES string of the molecule is CC(=O)O/C(S)=C/C(C)C. The normalized spacial score (nSPS) is 11.9. The molecule has 0 aromatic heterocycles. The first-order chi connectivity index (χ1) is 4.52. The summed E-state index contributed by atoms with van der Waals surface area (Å²) in [5.41, 5.74) is 0. The fraction of sp³-hybridized carbons (Fsp3) is 0.571. The fourth-order valence-electron chi connectivity index (χ4n) is 0.466. The number of thiol groups is 1. The Balaban J connectivity index is 3.82. The van der Waals surface area contributed by atoms with Crippen molar-refractivity contribution in [3.8, 4) is 0 Å². The number of hydrogen-bond donors (Lipinski definition) is 1. The topological polar surface area (TPSA) is 26.3 Å². The van der Waals surface area contributed by atoms with Gasteiger partial charge in [-0.25, -0.2) is 0 Å². The molecule has 3 heteroatoms. The first kappa shape index (κ1) is 9.56. The number of esters is 1. The maximum Gasteiger partial charge on any atom is 0.308 e. The molecule has 0 unspecified atom stereocenters. The van der Waals surface area contributed by atoms with E-state index in [9.17, 15) is 4.79 Å². The molecule has 10 heavy (non-hydrogen) atoms. The van der Waals surface area contributed by atoms with E-state index in [-0.39, 0.29) is 5.97 Å². The third kappa shape index (κ3) is 5.69. The van der Waals surface area contributed by atoms with E-state index in [1.807, 2.05) is 13.8 Å². The van der Waals surface area contributed by atoms with Gasteiger partial charge in [-0.15, -0.1) is 12.6 Å². The van der Waals surface area contributed by atoms with E-state index in [1.165, 1.54) is 6.92 Å². The largest absolute Gasteiger partial charge is 0.420 e. The molecule has 58 valence electrons. The monoisotopic (exact) mass is 160 g/mol. The van der Waals surface area contributed by atoms with Gasteiger partial charge in [-0.3, -0.25) is 4.79 Å². The minimum atomic E-state index is -0.332. The highest BCUT2D eigenvalue weighted by molar-refractivity contribution is 7.84. The molecule has 0 N–H and O–H groups in total. The van der Waals surface area contributed by atoms with E-state index >= 15 is 0 Å². The minimum Gasteiger partial charge on any atom is -0.420 e. The molecule has 0 amide bonds. The summed E-state index contributed by atoms with van der Waals surface area (Å²) in [6.07, 6.45) is 1.77. The highest BCUT2D eigenvalue weighted by atomic mass is 32.1. The van der Waals surface area contributed by atoms with Crippen LogP contribution in [-0.4, -0.2) is 5.97 Å². The molecule has 0 aromatic rings. The Bertz CT molecular complexity index is 150. The molecule has 0 spiro atoms. The van der Waals surface area contributed by atoms with Crippen LogP contribution in [-0.2, 0) is 9.53 Å². The van der Waals surface area contributed by atoms with Crippen LogP contribution in [0.1, 0.15) is 20.8 Å². The smallest absolute Gasteiger partial charge is 0.308 e. The van der Waals surface area contributed by atoms with Crippen LogP contribution in [0.25, 0.3) is 0 Å². The van der Waals surface area contributed by atoms with Crippen molar-refractivity contribution in [3.05, 3.63) is 11.2 Å². The first-order valence-corrected chi connectivity index (χ1v) is 3.56. The summed E-state index contributed by atoms with van der Waals surface area (Å²) in [7, 11) is 0. The molecule has 0 radical (unpaired) electrons. The standard InChI is InChI=1S/C7H12O2S/c1-5(2)4-7(10)9-6(3)8/h4-5,10H,1-3H3/b7-4-. The highest BCUT2D eigenvalue weighted by Gasteiger charge is 1.96. The number of rotatable bonds is 2. The molecule has 0 aliphatic rings.